The number of amides is 1. The van der Waals surface area contributed by atoms with E-state index in [2.05, 4.69) is 5.32 Å². The molecule has 2 aromatic carbocycles. The Morgan fingerprint density at radius 3 is 2.38 bits per heavy atom. The largest absolute Gasteiger partial charge is 0.494 e. The van der Waals surface area contributed by atoms with E-state index in [0.29, 0.717) is 24.5 Å². The molecule has 0 spiro atoms. The Morgan fingerprint density at radius 2 is 1.75 bits per heavy atom. The Hall–Kier alpha value is -2.69. The molecule has 1 amide bonds. The van der Waals surface area contributed by atoms with Gasteiger partial charge in [-0.05, 0) is 47.9 Å². The maximum Gasteiger partial charge on any atom is 0.225 e. The van der Waals surface area contributed by atoms with Gasteiger partial charge in [0.15, 0.2) is 11.5 Å². The number of hydrogen-bond acceptors (Lipinski definition) is 4. The Morgan fingerprint density at radius 1 is 1.08 bits per heavy atom. The summed E-state index contributed by atoms with van der Waals surface area (Å²) in [5.41, 5.74) is 2.98. The van der Waals surface area contributed by atoms with Gasteiger partial charge in [-0.2, -0.15) is 0 Å². The first kappa shape index (κ1) is 16.2. The molecule has 0 unspecified atom stereocenters. The van der Waals surface area contributed by atoms with Crippen LogP contribution >= 0.6 is 0 Å². The lowest BCUT2D eigenvalue weighted by atomic mass is 9.89. The molecule has 126 valence electrons. The van der Waals surface area contributed by atoms with E-state index in [-0.39, 0.29) is 11.9 Å². The van der Waals surface area contributed by atoms with Gasteiger partial charge in [0.05, 0.1) is 33.3 Å². The quantitative estimate of drug-likeness (QED) is 0.917. The van der Waals surface area contributed by atoms with Crippen molar-refractivity contribution in [3.05, 3.63) is 53.1 Å². The summed E-state index contributed by atoms with van der Waals surface area (Å²) in [6.07, 6.45) is 0.337. The normalized spacial score (nSPS) is 16.1. The third-order valence-corrected chi connectivity index (χ3v) is 4.14. The van der Waals surface area contributed by atoms with Crippen molar-refractivity contribution < 1.29 is 19.0 Å². The Balaban J connectivity index is 2.02. The van der Waals surface area contributed by atoms with Gasteiger partial charge < -0.3 is 19.5 Å². The van der Waals surface area contributed by atoms with Crippen LogP contribution in [0.4, 0.5) is 0 Å². The molecule has 3 rings (SSSR count). The molecule has 1 N–H and O–H groups in total. The number of carbonyl (C=O) groups excluding carboxylic acids is 1. The molecular weight excluding hydrogens is 306 g/mol. The standard InChI is InChI=1S/C19H21NO4/c1-4-24-14-7-5-12(6-8-14)19-15-11-17(23-3)16(22-2)9-13(15)10-18(21)20-19/h5-9,11,19H,4,10H2,1-3H3,(H,20,21)/t19-/m1/s1. The van der Waals surface area contributed by atoms with Crippen LogP contribution in [0.3, 0.4) is 0 Å². The van der Waals surface area contributed by atoms with E-state index >= 15 is 0 Å². The topological polar surface area (TPSA) is 56.8 Å². The van der Waals surface area contributed by atoms with E-state index in [9.17, 15) is 4.79 Å². The van der Waals surface area contributed by atoms with Gasteiger partial charge in [0, 0.05) is 0 Å². The first-order valence-corrected chi connectivity index (χ1v) is 7.93. The smallest absolute Gasteiger partial charge is 0.225 e. The number of benzene rings is 2. The van der Waals surface area contributed by atoms with Crippen LogP contribution in [-0.2, 0) is 11.2 Å². The summed E-state index contributed by atoms with van der Waals surface area (Å²) in [5, 5.41) is 3.05. The monoisotopic (exact) mass is 327 g/mol. The summed E-state index contributed by atoms with van der Waals surface area (Å²) >= 11 is 0. The second kappa shape index (κ2) is 6.83. The Kier molecular flexibility index (Phi) is 4.60. The molecule has 1 aliphatic heterocycles. The molecule has 0 aromatic heterocycles. The molecule has 5 heteroatoms. The molecule has 0 bridgehead atoms. The van der Waals surface area contributed by atoms with Crippen molar-refractivity contribution in [3.63, 3.8) is 0 Å². The highest BCUT2D eigenvalue weighted by Gasteiger charge is 2.27. The average molecular weight is 327 g/mol. The minimum atomic E-state index is -0.211. The first-order valence-electron chi connectivity index (χ1n) is 7.93. The van der Waals surface area contributed by atoms with Gasteiger partial charge in [-0.3, -0.25) is 4.79 Å². The van der Waals surface area contributed by atoms with Crippen LogP contribution in [-0.4, -0.2) is 26.7 Å². The van der Waals surface area contributed by atoms with Crippen LogP contribution in [0.5, 0.6) is 17.2 Å². The predicted octanol–water partition coefficient (Wildman–Crippen LogP) is 2.86. The lowest BCUT2D eigenvalue weighted by Gasteiger charge is -2.28. The van der Waals surface area contributed by atoms with Gasteiger partial charge in [0.25, 0.3) is 0 Å². The van der Waals surface area contributed by atoms with E-state index in [0.717, 1.165) is 22.4 Å². The van der Waals surface area contributed by atoms with E-state index in [1.807, 2.05) is 43.3 Å². The van der Waals surface area contributed by atoms with Crippen LogP contribution < -0.4 is 19.5 Å². The van der Waals surface area contributed by atoms with E-state index in [4.69, 9.17) is 14.2 Å². The van der Waals surface area contributed by atoms with Crippen molar-refractivity contribution in [2.75, 3.05) is 20.8 Å². The molecule has 1 heterocycles. The molecule has 5 nitrogen and oxygen atoms in total. The molecule has 24 heavy (non-hydrogen) atoms. The minimum absolute atomic E-state index is 0.00592. The highest BCUT2D eigenvalue weighted by molar-refractivity contribution is 5.82. The Labute approximate surface area is 141 Å². The van der Waals surface area contributed by atoms with Gasteiger partial charge >= 0.3 is 0 Å². The number of methoxy groups -OCH3 is 2. The molecule has 1 atom stereocenters. The number of hydrogen-bond donors (Lipinski definition) is 1. The van der Waals surface area contributed by atoms with Crippen molar-refractivity contribution in [3.8, 4) is 17.2 Å². The number of carbonyl (C=O) groups is 1. The third kappa shape index (κ3) is 3.02. The van der Waals surface area contributed by atoms with Crippen LogP contribution in [0.2, 0.25) is 0 Å². The van der Waals surface area contributed by atoms with Crippen molar-refractivity contribution in [1.29, 1.82) is 0 Å². The summed E-state index contributed by atoms with van der Waals surface area (Å²) in [5.74, 6) is 2.10. The fraction of sp³-hybridized carbons (Fsp3) is 0.316. The van der Waals surface area contributed by atoms with Crippen LogP contribution in [0.15, 0.2) is 36.4 Å². The van der Waals surface area contributed by atoms with Gasteiger partial charge in [-0.1, -0.05) is 12.1 Å². The lowest BCUT2D eigenvalue weighted by molar-refractivity contribution is -0.121. The van der Waals surface area contributed by atoms with E-state index in [1.165, 1.54) is 0 Å². The second-order valence-corrected chi connectivity index (χ2v) is 5.59. The molecule has 0 saturated heterocycles. The molecular formula is C19H21NO4. The minimum Gasteiger partial charge on any atom is -0.494 e. The fourth-order valence-electron chi connectivity index (χ4n) is 3.01. The van der Waals surface area contributed by atoms with Gasteiger partial charge in [-0.25, -0.2) is 0 Å². The van der Waals surface area contributed by atoms with Crippen LogP contribution in [0.25, 0.3) is 0 Å². The zero-order valence-electron chi connectivity index (χ0n) is 14.1. The van der Waals surface area contributed by atoms with Crippen LogP contribution in [0.1, 0.15) is 29.7 Å². The molecule has 0 radical (unpaired) electrons. The summed E-state index contributed by atoms with van der Waals surface area (Å²) in [7, 11) is 3.20. The fourth-order valence-corrected chi connectivity index (χ4v) is 3.01. The van der Waals surface area contributed by atoms with E-state index in [1.54, 1.807) is 14.2 Å². The van der Waals surface area contributed by atoms with Crippen LogP contribution in [0, 0.1) is 0 Å². The zero-order chi connectivity index (χ0) is 17.1. The maximum atomic E-state index is 12.1. The summed E-state index contributed by atoms with van der Waals surface area (Å²) in [4.78, 5) is 12.1. The number of fused-ring (bicyclic) bond motifs is 1. The van der Waals surface area contributed by atoms with Crippen molar-refractivity contribution in [1.82, 2.24) is 5.32 Å². The molecule has 0 fully saturated rings. The molecule has 1 aliphatic rings. The predicted molar refractivity (Wildman–Crippen MR) is 90.8 cm³/mol. The third-order valence-electron chi connectivity index (χ3n) is 4.14. The molecule has 2 aromatic rings. The van der Waals surface area contributed by atoms with Gasteiger partial charge in [-0.15, -0.1) is 0 Å². The van der Waals surface area contributed by atoms with Gasteiger partial charge in [0.1, 0.15) is 5.75 Å². The number of rotatable bonds is 5. The van der Waals surface area contributed by atoms with Crippen molar-refractivity contribution >= 4 is 5.91 Å². The summed E-state index contributed by atoms with van der Waals surface area (Å²) in [6, 6.07) is 11.4. The maximum absolute atomic E-state index is 12.1. The highest BCUT2D eigenvalue weighted by Crippen LogP contribution is 2.37. The second-order valence-electron chi connectivity index (χ2n) is 5.59. The molecule has 0 aliphatic carbocycles. The Bertz CT molecular complexity index is 740. The summed E-state index contributed by atoms with van der Waals surface area (Å²) < 4.78 is 16.2. The van der Waals surface area contributed by atoms with E-state index < -0.39 is 0 Å². The number of nitrogens with one attached hydrogen (secondary N) is 1. The van der Waals surface area contributed by atoms with Crippen molar-refractivity contribution in [2.45, 2.75) is 19.4 Å². The SMILES string of the molecule is CCOc1ccc([C@H]2NC(=O)Cc3cc(OC)c(OC)cc32)cc1. The lowest BCUT2D eigenvalue weighted by Crippen LogP contribution is -2.35. The zero-order valence-corrected chi connectivity index (χ0v) is 14.1. The van der Waals surface area contributed by atoms with Crippen molar-refractivity contribution in [2.24, 2.45) is 0 Å². The summed E-state index contributed by atoms with van der Waals surface area (Å²) in [6.45, 7) is 2.57. The first-order chi connectivity index (χ1) is 11.7. The average Bonchev–Trinajstić information content (AvgIpc) is 2.60. The highest BCUT2D eigenvalue weighted by atomic mass is 16.5. The van der Waals surface area contributed by atoms with Gasteiger partial charge in [0.2, 0.25) is 5.91 Å². The number of ether oxygens (including phenoxy) is 3. The molecule has 0 saturated carbocycles.